The first kappa shape index (κ1) is 25.2. The van der Waals surface area contributed by atoms with Gasteiger partial charge in [-0.2, -0.15) is 0 Å². The number of halogens is 1. The molecule has 2 aromatic rings. The molecule has 0 heterocycles. The monoisotopic (exact) mass is 451 g/mol. The standard InChI is InChI=1S/C24H35FNO4P/c1-8-12-24(9-2,31-22-11-10-17(25)13-20(22)26(3)4)19-14-18(28-6)15-21(29-7)23(19)30-16-27-5/h10-11,13-15,31H,8-9,12,16H2,1-7H3. The van der Waals surface area contributed by atoms with Gasteiger partial charge in [0.1, 0.15) is 11.6 Å². The maximum Gasteiger partial charge on any atom is 0.188 e. The van der Waals surface area contributed by atoms with E-state index in [4.69, 9.17) is 18.9 Å². The van der Waals surface area contributed by atoms with Crippen molar-refractivity contribution in [1.82, 2.24) is 0 Å². The van der Waals surface area contributed by atoms with E-state index in [0.717, 1.165) is 35.8 Å². The highest BCUT2D eigenvalue weighted by Gasteiger charge is 2.36. The van der Waals surface area contributed by atoms with E-state index in [0.29, 0.717) is 25.8 Å². The Bertz CT molecular complexity index is 862. The minimum atomic E-state index is -0.234. The molecule has 31 heavy (non-hydrogen) atoms. The second-order valence-electron chi connectivity index (χ2n) is 7.62. The first-order valence-corrected chi connectivity index (χ1v) is 11.5. The van der Waals surface area contributed by atoms with E-state index in [1.165, 1.54) is 6.07 Å². The largest absolute Gasteiger partial charge is 0.497 e. The molecule has 2 atom stereocenters. The van der Waals surface area contributed by atoms with Crippen molar-refractivity contribution in [3.8, 4) is 17.2 Å². The lowest BCUT2D eigenvalue weighted by molar-refractivity contribution is 0.0478. The molecule has 0 bridgehead atoms. The lowest BCUT2D eigenvalue weighted by Gasteiger charge is -2.36. The van der Waals surface area contributed by atoms with Gasteiger partial charge in [0.2, 0.25) is 0 Å². The first-order chi connectivity index (χ1) is 14.8. The van der Waals surface area contributed by atoms with Gasteiger partial charge in [0.25, 0.3) is 0 Å². The molecule has 2 rings (SSSR count). The van der Waals surface area contributed by atoms with E-state index in [9.17, 15) is 4.39 Å². The smallest absolute Gasteiger partial charge is 0.188 e. The van der Waals surface area contributed by atoms with Crippen molar-refractivity contribution < 1.29 is 23.3 Å². The molecule has 0 aliphatic heterocycles. The van der Waals surface area contributed by atoms with Crippen LogP contribution in [0.1, 0.15) is 38.7 Å². The number of hydrogen-bond acceptors (Lipinski definition) is 5. The molecule has 0 spiro atoms. The number of rotatable bonds is 12. The van der Waals surface area contributed by atoms with Crippen molar-refractivity contribution in [1.29, 1.82) is 0 Å². The van der Waals surface area contributed by atoms with Gasteiger partial charge < -0.3 is 23.8 Å². The van der Waals surface area contributed by atoms with Gasteiger partial charge in [-0.15, -0.1) is 0 Å². The Labute approximate surface area is 187 Å². The van der Waals surface area contributed by atoms with E-state index in [1.54, 1.807) is 27.4 Å². The van der Waals surface area contributed by atoms with Gasteiger partial charge in [-0.05, 0) is 42.4 Å². The van der Waals surface area contributed by atoms with Crippen LogP contribution in [0.25, 0.3) is 0 Å². The molecule has 0 aromatic heterocycles. The minimum absolute atomic E-state index is 0.115. The zero-order valence-corrected chi connectivity index (χ0v) is 20.7. The van der Waals surface area contributed by atoms with Gasteiger partial charge in [-0.1, -0.05) is 28.8 Å². The summed E-state index contributed by atoms with van der Waals surface area (Å²) in [4.78, 5) is 1.96. The van der Waals surface area contributed by atoms with Crippen LogP contribution in [0.5, 0.6) is 17.2 Å². The SMILES string of the molecule is CCCC(CC)(Pc1ccc(F)cc1N(C)C)c1cc(OC)cc(OC)c1OCOC. The first-order valence-electron chi connectivity index (χ1n) is 10.5. The van der Waals surface area contributed by atoms with Crippen LogP contribution in [0, 0.1) is 5.82 Å². The zero-order valence-electron chi connectivity index (χ0n) is 19.7. The number of ether oxygens (including phenoxy) is 4. The van der Waals surface area contributed by atoms with Gasteiger partial charge in [-0.25, -0.2) is 4.39 Å². The Morgan fingerprint density at radius 2 is 1.77 bits per heavy atom. The fourth-order valence-corrected chi connectivity index (χ4v) is 5.83. The maximum absolute atomic E-state index is 14.0. The topological polar surface area (TPSA) is 40.2 Å². The van der Waals surface area contributed by atoms with E-state index < -0.39 is 0 Å². The fourth-order valence-electron chi connectivity index (χ4n) is 3.85. The quantitative estimate of drug-likeness (QED) is 0.324. The maximum atomic E-state index is 14.0. The third-order valence-electron chi connectivity index (χ3n) is 5.42. The van der Waals surface area contributed by atoms with Crippen LogP contribution >= 0.6 is 8.58 Å². The number of methoxy groups -OCH3 is 3. The van der Waals surface area contributed by atoms with Crippen molar-refractivity contribution in [2.24, 2.45) is 0 Å². The number of nitrogens with zero attached hydrogens (tertiary/aromatic N) is 1. The summed E-state index contributed by atoms with van der Waals surface area (Å²) in [7, 11) is 9.15. The molecule has 0 aliphatic rings. The van der Waals surface area contributed by atoms with Gasteiger partial charge in [-0.3, -0.25) is 0 Å². The minimum Gasteiger partial charge on any atom is -0.497 e. The second-order valence-corrected chi connectivity index (χ2v) is 9.37. The summed E-state index contributed by atoms with van der Waals surface area (Å²) in [6.45, 7) is 4.48. The molecule has 0 saturated carbocycles. The van der Waals surface area contributed by atoms with Crippen molar-refractivity contribution in [3.05, 3.63) is 41.7 Å². The highest BCUT2D eigenvalue weighted by Crippen LogP contribution is 2.54. The van der Waals surface area contributed by atoms with E-state index in [1.807, 2.05) is 37.2 Å². The van der Waals surface area contributed by atoms with Crippen LogP contribution in [0.2, 0.25) is 0 Å². The van der Waals surface area contributed by atoms with Crippen molar-refractivity contribution >= 4 is 19.6 Å². The molecular weight excluding hydrogens is 416 g/mol. The van der Waals surface area contributed by atoms with Crippen LogP contribution < -0.4 is 24.4 Å². The predicted molar refractivity (Wildman–Crippen MR) is 128 cm³/mol. The van der Waals surface area contributed by atoms with E-state index in [2.05, 4.69) is 13.8 Å². The molecule has 0 saturated heterocycles. The summed E-state index contributed by atoms with van der Waals surface area (Å²) in [5.74, 6) is 1.75. The summed E-state index contributed by atoms with van der Waals surface area (Å²) in [5.41, 5.74) is 1.92. The Morgan fingerprint density at radius 3 is 2.32 bits per heavy atom. The van der Waals surface area contributed by atoms with Crippen molar-refractivity contribution in [2.45, 2.75) is 38.3 Å². The van der Waals surface area contributed by atoms with E-state index >= 15 is 0 Å². The molecule has 0 aliphatic carbocycles. The molecule has 7 heteroatoms. The Balaban J connectivity index is 2.73. The average molecular weight is 452 g/mol. The summed E-state index contributed by atoms with van der Waals surface area (Å²) < 4.78 is 36.5. The lowest BCUT2D eigenvalue weighted by Crippen LogP contribution is -2.26. The highest BCUT2D eigenvalue weighted by atomic mass is 31.1. The van der Waals surface area contributed by atoms with Gasteiger partial charge in [0.05, 0.1) is 14.2 Å². The van der Waals surface area contributed by atoms with Crippen LogP contribution in [0.3, 0.4) is 0 Å². The zero-order chi connectivity index (χ0) is 23.0. The summed E-state index contributed by atoms with van der Waals surface area (Å²) in [5, 5.41) is 0.878. The Morgan fingerprint density at radius 1 is 1.03 bits per heavy atom. The molecule has 0 radical (unpaired) electrons. The van der Waals surface area contributed by atoms with Gasteiger partial charge in [0.15, 0.2) is 18.3 Å². The van der Waals surface area contributed by atoms with E-state index in [-0.39, 0.29) is 17.8 Å². The summed E-state index contributed by atoms with van der Waals surface area (Å²) in [6, 6.07) is 8.90. The molecule has 0 N–H and O–H groups in total. The summed E-state index contributed by atoms with van der Waals surface area (Å²) in [6.07, 6.45) is 2.80. The van der Waals surface area contributed by atoms with Crippen molar-refractivity contribution in [3.63, 3.8) is 0 Å². The van der Waals surface area contributed by atoms with Crippen LogP contribution in [-0.2, 0) is 9.89 Å². The normalized spacial score (nSPS) is 13.3. The average Bonchev–Trinajstić information content (AvgIpc) is 2.77. The molecule has 5 nitrogen and oxygen atoms in total. The number of benzene rings is 2. The second kappa shape index (κ2) is 11.5. The predicted octanol–water partition coefficient (Wildman–Crippen LogP) is 5.30. The molecule has 0 fully saturated rings. The highest BCUT2D eigenvalue weighted by molar-refractivity contribution is 7.49. The van der Waals surface area contributed by atoms with Gasteiger partial charge >= 0.3 is 0 Å². The number of hydrogen-bond donors (Lipinski definition) is 0. The fraction of sp³-hybridized carbons (Fsp3) is 0.500. The molecule has 172 valence electrons. The van der Waals surface area contributed by atoms with Crippen LogP contribution in [-0.4, -0.2) is 42.2 Å². The molecule has 0 amide bonds. The lowest BCUT2D eigenvalue weighted by atomic mass is 9.89. The Kier molecular flexibility index (Phi) is 9.39. The van der Waals surface area contributed by atoms with Crippen molar-refractivity contribution in [2.75, 3.05) is 47.1 Å². The van der Waals surface area contributed by atoms with Gasteiger partial charge in [0, 0.05) is 43.7 Å². The molecule has 2 unspecified atom stereocenters. The van der Waals surface area contributed by atoms with Crippen LogP contribution in [0.15, 0.2) is 30.3 Å². The third kappa shape index (κ3) is 5.81. The molecule has 2 aromatic carbocycles. The molecular formula is C24H35FNO4P. The summed E-state index contributed by atoms with van der Waals surface area (Å²) >= 11 is 0. The van der Waals surface area contributed by atoms with Crippen LogP contribution in [0.4, 0.5) is 10.1 Å². The Hall–Kier alpha value is -2.04. The third-order valence-corrected chi connectivity index (χ3v) is 7.46. The number of anilines is 1.